The van der Waals surface area contributed by atoms with Gasteiger partial charge in [-0.05, 0) is 48.0 Å². The Morgan fingerprint density at radius 1 is 1.44 bits per heavy atom. The van der Waals surface area contributed by atoms with Gasteiger partial charge in [0.15, 0.2) is 0 Å². The van der Waals surface area contributed by atoms with Crippen LogP contribution in [0.3, 0.4) is 0 Å². The Hall–Kier alpha value is -0.990. The molecule has 0 unspecified atom stereocenters. The third-order valence-corrected chi connectivity index (χ3v) is 4.42. The number of sulfonamides is 1. The molecule has 0 amide bonds. The zero-order chi connectivity index (χ0) is 14.1. The van der Waals surface area contributed by atoms with Gasteiger partial charge in [0.25, 0.3) is 0 Å². The normalized spacial score (nSPS) is 12.4. The maximum atomic E-state index is 13.2. The minimum atomic E-state index is -4.09. The van der Waals surface area contributed by atoms with Gasteiger partial charge in [-0.1, -0.05) is 0 Å². The number of carboxylic acid groups (broad SMARTS) is 1. The van der Waals surface area contributed by atoms with Gasteiger partial charge in [-0.2, -0.15) is 4.72 Å². The van der Waals surface area contributed by atoms with Crippen molar-refractivity contribution in [3.8, 4) is 0 Å². The molecule has 0 radical (unpaired) electrons. The van der Waals surface area contributed by atoms with Crippen LogP contribution in [-0.4, -0.2) is 25.0 Å². The van der Waals surface area contributed by atoms with E-state index in [1.165, 1.54) is 26.0 Å². The summed E-state index contributed by atoms with van der Waals surface area (Å²) in [7, 11) is -4.09. The molecular weight excluding hydrogens is 329 g/mol. The van der Waals surface area contributed by atoms with E-state index >= 15 is 0 Å². The van der Waals surface area contributed by atoms with Crippen LogP contribution in [0.25, 0.3) is 0 Å². The Morgan fingerprint density at radius 3 is 2.44 bits per heavy atom. The summed E-state index contributed by atoms with van der Waals surface area (Å²) in [5.41, 5.74) is -1.68. The molecule has 0 spiro atoms. The monoisotopic (exact) mass is 339 g/mol. The second-order valence-electron chi connectivity index (χ2n) is 4.11. The maximum absolute atomic E-state index is 13.2. The topological polar surface area (TPSA) is 83.5 Å². The average molecular weight is 340 g/mol. The van der Waals surface area contributed by atoms with Crippen molar-refractivity contribution in [2.75, 3.05) is 0 Å². The summed E-state index contributed by atoms with van der Waals surface area (Å²) < 4.78 is 39.1. The summed E-state index contributed by atoms with van der Waals surface area (Å²) in [4.78, 5) is 10.5. The van der Waals surface area contributed by atoms with Gasteiger partial charge in [0.2, 0.25) is 10.0 Å². The minimum absolute atomic E-state index is 0.124. The quantitative estimate of drug-likeness (QED) is 0.874. The number of aliphatic carboxylic acids is 1. The number of nitrogens with one attached hydrogen (secondary N) is 1. The highest BCUT2D eigenvalue weighted by molar-refractivity contribution is 9.10. The fraction of sp³-hybridized carbons (Fsp3) is 0.300. The molecule has 0 saturated carbocycles. The summed E-state index contributed by atoms with van der Waals surface area (Å²) in [6.07, 6.45) is 0. The first-order valence-corrected chi connectivity index (χ1v) is 7.06. The van der Waals surface area contributed by atoms with Crippen LogP contribution in [0.5, 0.6) is 0 Å². The fourth-order valence-electron chi connectivity index (χ4n) is 1.08. The second-order valence-corrected chi connectivity index (χ2v) is 6.65. The van der Waals surface area contributed by atoms with Crippen molar-refractivity contribution < 1.29 is 22.7 Å². The fourth-order valence-corrected chi connectivity index (χ4v) is 2.71. The van der Waals surface area contributed by atoms with Crippen LogP contribution in [0.4, 0.5) is 4.39 Å². The number of carboxylic acids is 1. The van der Waals surface area contributed by atoms with E-state index in [1.807, 2.05) is 4.72 Å². The van der Waals surface area contributed by atoms with Gasteiger partial charge in [-0.25, -0.2) is 12.8 Å². The summed E-state index contributed by atoms with van der Waals surface area (Å²) in [5.74, 6) is -2.07. The lowest BCUT2D eigenvalue weighted by Gasteiger charge is -2.20. The van der Waals surface area contributed by atoms with Gasteiger partial charge in [-0.15, -0.1) is 0 Å². The summed E-state index contributed by atoms with van der Waals surface area (Å²) in [6, 6.07) is 3.22. The lowest BCUT2D eigenvalue weighted by atomic mass is 10.1. The predicted molar refractivity (Wildman–Crippen MR) is 66.1 cm³/mol. The van der Waals surface area contributed by atoms with Crippen LogP contribution < -0.4 is 4.72 Å². The predicted octanol–water partition coefficient (Wildman–Crippen LogP) is 1.73. The third-order valence-electron chi connectivity index (χ3n) is 2.13. The van der Waals surface area contributed by atoms with Crippen LogP contribution >= 0.6 is 15.9 Å². The van der Waals surface area contributed by atoms with E-state index in [1.54, 1.807) is 0 Å². The van der Waals surface area contributed by atoms with Crippen molar-refractivity contribution in [3.63, 3.8) is 0 Å². The Morgan fingerprint density at radius 2 is 2.00 bits per heavy atom. The average Bonchev–Trinajstić information content (AvgIpc) is 2.20. The number of hydrogen-bond acceptors (Lipinski definition) is 3. The van der Waals surface area contributed by atoms with E-state index in [-0.39, 0.29) is 9.37 Å². The Balaban J connectivity index is 3.15. The smallest absolute Gasteiger partial charge is 0.324 e. The number of benzene rings is 1. The lowest BCUT2D eigenvalue weighted by molar-refractivity contribution is -0.142. The van der Waals surface area contributed by atoms with Crippen LogP contribution in [0, 0.1) is 5.82 Å². The van der Waals surface area contributed by atoms with Crippen molar-refractivity contribution in [2.24, 2.45) is 0 Å². The molecule has 100 valence electrons. The standard InChI is InChI=1S/C10H11BrFNO4S/c1-10(2,9(14)15)13-18(16,17)6-3-4-7(11)8(12)5-6/h3-5,13H,1-2H3,(H,14,15). The minimum Gasteiger partial charge on any atom is -0.480 e. The number of hydrogen-bond donors (Lipinski definition) is 2. The van der Waals surface area contributed by atoms with Gasteiger partial charge in [-0.3, -0.25) is 4.79 Å². The van der Waals surface area contributed by atoms with E-state index in [0.717, 1.165) is 6.07 Å². The molecule has 2 N–H and O–H groups in total. The summed E-state index contributed by atoms with van der Waals surface area (Å²) in [6.45, 7) is 2.39. The van der Waals surface area contributed by atoms with Gasteiger partial charge in [0, 0.05) is 0 Å². The molecule has 0 saturated heterocycles. The molecule has 0 aromatic heterocycles. The molecule has 1 aromatic carbocycles. The van der Waals surface area contributed by atoms with Crippen LogP contribution in [0.2, 0.25) is 0 Å². The van der Waals surface area contributed by atoms with E-state index in [2.05, 4.69) is 15.9 Å². The lowest BCUT2D eigenvalue weighted by Crippen LogP contribution is -2.49. The van der Waals surface area contributed by atoms with E-state index in [9.17, 15) is 17.6 Å². The highest BCUT2D eigenvalue weighted by Crippen LogP contribution is 2.20. The highest BCUT2D eigenvalue weighted by atomic mass is 79.9. The molecule has 0 heterocycles. The number of rotatable bonds is 4. The molecule has 0 aliphatic rings. The molecule has 8 heteroatoms. The van der Waals surface area contributed by atoms with Crippen molar-refractivity contribution in [3.05, 3.63) is 28.5 Å². The molecule has 5 nitrogen and oxygen atoms in total. The van der Waals surface area contributed by atoms with Gasteiger partial charge < -0.3 is 5.11 Å². The highest BCUT2D eigenvalue weighted by Gasteiger charge is 2.33. The molecule has 0 aliphatic carbocycles. The maximum Gasteiger partial charge on any atom is 0.324 e. The summed E-state index contributed by atoms with van der Waals surface area (Å²) in [5, 5.41) is 8.84. The van der Waals surface area contributed by atoms with Gasteiger partial charge in [0.1, 0.15) is 11.4 Å². The molecule has 0 atom stereocenters. The molecule has 18 heavy (non-hydrogen) atoms. The summed E-state index contributed by atoms with van der Waals surface area (Å²) >= 11 is 2.90. The van der Waals surface area contributed by atoms with Crippen molar-refractivity contribution in [1.82, 2.24) is 4.72 Å². The molecule has 1 rings (SSSR count). The largest absolute Gasteiger partial charge is 0.480 e. The van der Waals surface area contributed by atoms with Crippen LogP contribution in [0.15, 0.2) is 27.6 Å². The first-order chi connectivity index (χ1) is 8.06. The Bertz CT molecular complexity index is 586. The van der Waals surface area contributed by atoms with E-state index < -0.39 is 27.3 Å². The molecule has 0 aliphatic heterocycles. The molecule has 0 bridgehead atoms. The Labute approximate surface area is 112 Å². The van der Waals surface area contributed by atoms with E-state index in [4.69, 9.17) is 5.11 Å². The SMILES string of the molecule is CC(C)(NS(=O)(=O)c1ccc(Br)c(F)c1)C(=O)O. The van der Waals surface area contributed by atoms with Crippen molar-refractivity contribution in [2.45, 2.75) is 24.3 Å². The Kier molecular flexibility index (Phi) is 4.14. The van der Waals surface area contributed by atoms with Crippen LogP contribution in [-0.2, 0) is 14.8 Å². The second kappa shape index (κ2) is 4.94. The first kappa shape index (κ1) is 15.1. The zero-order valence-corrected chi connectivity index (χ0v) is 12.0. The number of halogens is 2. The zero-order valence-electron chi connectivity index (χ0n) is 9.57. The van der Waals surface area contributed by atoms with Gasteiger partial charge >= 0.3 is 5.97 Å². The van der Waals surface area contributed by atoms with Crippen LogP contribution in [0.1, 0.15) is 13.8 Å². The van der Waals surface area contributed by atoms with E-state index in [0.29, 0.717) is 0 Å². The van der Waals surface area contributed by atoms with Crippen molar-refractivity contribution in [1.29, 1.82) is 0 Å². The van der Waals surface area contributed by atoms with Gasteiger partial charge in [0.05, 0.1) is 9.37 Å². The molecular formula is C10H11BrFNO4S. The molecule has 0 fully saturated rings. The first-order valence-electron chi connectivity index (χ1n) is 4.79. The number of carbonyl (C=O) groups is 1. The molecule has 1 aromatic rings. The third kappa shape index (κ3) is 3.27. The van der Waals surface area contributed by atoms with Crippen molar-refractivity contribution >= 4 is 31.9 Å².